The summed E-state index contributed by atoms with van der Waals surface area (Å²) in [6.07, 6.45) is 5.46. The van der Waals surface area contributed by atoms with Crippen molar-refractivity contribution in [2.75, 3.05) is 13.4 Å². The van der Waals surface area contributed by atoms with Crippen molar-refractivity contribution in [2.45, 2.75) is 64.1 Å². The highest BCUT2D eigenvalue weighted by Gasteiger charge is 2.52. The molecule has 3 aliphatic heterocycles. The van der Waals surface area contributed by atoms with Crippen LogP contribution in [-0.2, 0) is 20.9 Å². The summed E-state index contributed by atoms with van der Waals surface area (Å²) in [7, 11) is 0. The third-order valence-electron chi connectivity index (χ3n) is 7.59. The zero-order valence-corrected chi connectivity index (χ0v) is 20.5. The summed E-state index contributed by atoms with van der Waals surface area (Å²) in [5.41, 5.74) is 2.25. The number of Topliss-reactive ketones (excluding diaryl/α,β-unsaturated/α-hetero) is 1. The largest absolute Gasteiger partial charge is 0.494 e. The van der Waals surface area contributed by atoms with E-state index in [0.29, 0.717) is 30.2 Å². The van der Waals surface area contributed by atoms with Crippen molar-refractivity contribution in [1.29, 1.82) is 0 Å². The Morgan fingerprint density at radius 2 is 1.89 bits per heavy atom. The average molecular weight is 490 g/mol. The van der Waals surface area contributed by atoms with Gasteiger partial charge in [0.25, 0.3) is 5.91 Å². The minimum Gasteiger partial charge on any atom is -0.494 e. The topological polar surface area (TPSA) is 74.3 Å². The molecule has 2 aromatic rings. The lowest BCUT2D eigenvalue weighted by Gasteiger charge is -2.35. The fraction of sp³-hybridized carbons (Fsp3) is 0.448. The molecule has 188 valence electrons. The predicted octanol–water partition coefficient (Wildman–Crippen LogP) is 5.09. The van der Waals surface area contributed by atoms with Crippen molar-refractivity contribution in [3.8, 4) is 17.2 Å². The molecule has 3 unspecified atom stereocenters. The molecule has 0 radical (unpaired) electrons. The fourth-order valence-corrected chi connectivity index (χ4v) is 5.75. The second-order valence-electron chi connectivity index (χ2n) is 9.95. The molecular weight excluding hydrogens is 458 g/mol. The van der Waals surface area contributed by atoms with Crippen LogP contribution in [0.25, 0.3) is 0 Å². The SMILES string of the molecule is CCCCOc1cccc(C2C3=C(OC4CCCCC4C3=O)C(=O)N2Cc2ccc3c(c2)OCO3)c1. The van der Waals surface area contributed by atoms with Crippen molar-refractivity contribution in [3.63, 3.8) is 0 Å². The van der Waals surface area contributed by atoms with Gasteiger partial charge in [0.1, 0.15) is 11.9 Å². The fourth-order valence-electron chi connectivity index (χ4n) is 5.75. The Kier molecular flexibility index (Phi) is 6.07. The number of rotatable bonds is 7. The summed E-state index contributed by atoms with van der Waals surface area (Å²) in [5.74, 6) is 1.98. The molecule has 6 rings (SSSR count). The van der Waals surface area contributed by atoms with Crippen LogP contribution >= 0.6 is 0 Å². The lowest BCUT2D eigenvalue weighted by atomic mass is 9.77. The van der Waals surface area contributed by atoms with Gasteiger partial charge in [0.15, 0.2) is 23.0 Å². The van der Waals surface area contributed by atoms with Gasteiger partial charge in [-0.1, -0.05) is 38.0 Å². The highest BCUT2D eigenvalue weighted by Crippen LogP contribution is 2.48. The molecule has 0 spiro atoms. The van der Waals surface area contributed by atoms with Crippen LogP contribution in [0.1, 0.15) is 62.6 Å². The zero-order valence-electron chi connectivity index (χ0n) is 20.5. The first-order chi connectivity index (χ1) is 17.6. The number of carbonyl (C=O) groups is 2. The maximum atomic E-state index is 13.8. The van der Waals surface area contributed by atoms with E-state index >= 15 is 0 Å². The highest BCUT2D eigenvalue weighted by molar-refractivity contribution is 6.11. The van der Waals surface area contributed by atoms with E-state index in [4.69, 9.17) is 18.9 Å². The quantitative estimate of drug-likeness (QED) is 0.505. The maximum Gasteiger partial charge on any atom is 0.290 e. The number of hydrogen-bond donors (Lipinski definition) is 0. The molecule has 7 heteroatoms. The van der Waals surface area contributed by atoms with Crippen LogP contribution in [-0.4, -0.2) is 36.1 Å². The minimum atomic E-state index is -0.525. The number of fused-ring (bicyclic) bond motifs is 2. The van der Waals surface area contributed by atoms with Gasteiger partial charge < -0.3 is 23.8 Å². The number of amides is 1. The number of nitrogens with zero attached hydrogens (tertiary/aromatic N) is 1. The average Bonchev–Trinajstić information content (AvgIpc) is 3.47. The summed E-state index contributed by atoms with van der Waals surface area (Å²) in [6, 6.07) is 12.9. The first kappa shape index (κ1) is 23.0. The first-order valence-electron chi connectivity index (χ1n) is 13.0. The summed E-state index contributed by atoms with van der Waals surface area (Å²) >= 11 is 0. The molecule has 36 heavy (non-hydrogen) atoms. The van der Waals surface area contributed by atoms with Gasteiger partial charge in [0.2, 0.25) is 6.79 Å². The van der Waals surface area contributed by atoms with Crippen LogP contribution in [0.4, 0.5) is 0 Å². The molecule has 0 N–H and O–H groups in total. The zero-order chi connectivity index (χ0) is 24.6. The number of carbonyl (C=O) groups excluding carboxylic acids is 2. The van der Waals surface area contributed by atoms with Crippen LogP contribution in [0.5, 0.6) is 17.2 Å². The van der Waals surface area contributed by atoms with Crippen LogP contribution in [0.2, 0.25) is 0 Å². The Balaban J connectivity index is 1.37. The van der Waals surface area contributed by atoms with Crippen LogP contribution in [0.3, 0.4) is 0 Å². The summed E-state index contributed by atoms with van der Waals surface area (Å²) in [4.78, 5) is 29.4. The lowest BCUT2D eigenvalue weighted by molar-refractivity contribution is -0.135. The Morgan fingerprint density at radius 3 is 2.78 bits per heavy atom. The number of ether oxygens (including phenoxy) is 4. The standard InChI is InChI=1S/C29H31NO6/c1-2-3-13-33-20-8-6-7-19(15-20)26-25-27(31)21-9-4-5-10-22(21)36-28(25)29(32)30(26)16-18-11-12-23-24(14-18)35-17-34-23/h6-8,11-12,14-15,21-22,26H,2-5,9-10,13,16-17H2,1H3. The maximum absolute atomic E-state index is 13.8. The summed E-state index contributed by atoms with van der Waals surface area (Å²) in [6.45, 7) is 3.26. The molecule has 3 heterocycles. The van der Waals surface area contributed by atoms with Crippen LogP contribution in [0.15, 0.2) is 53.8 Å². The molecule has 0 aromatic heterocycles. The molecule has 1 fully saturated rings. The molecular formula is C29H31NO6. The van der Waals surface area contributed by atoms with E-state index in [1.165, 1.54) is 0 Å². The van der Waals surface area contributed by atoms with Gasteiger partial charge in [0, 0.05) is 6.54 Å². The van der Waals surface area contributed by atoms with Crippen molar-refractivity contribution >= 4 is 11.7 Å². The van der Waals surface area contributed by atoms with Crippen LogP contribution in [0, 0.1) is 5.92 Å². The Bertz CT molecular complexity index is 1220. The third-order valence-corrected chi connectivity index (χ3v) is 7.59. The van der Waals surface area contributed by atoms with Gasteiger partial charge in [-0.3, -0.25) is 9.59 Å². The van der Waals surface area contributed by atoms with E-state index in [1.807, 2.05) is 42.5 Å². The molecule has 1 amide bonds. The number of hydrogen-bond acceptors (Lipinski definition) is 6. The van der Waals surface area contributed by atoms with Crippen LogP contribution < -0.4 is 14.2 Å². The van der Waals surface area contributed by atoms with Gasteiger partial charge in [-0.2, -0.15) is 0 Å². The molecule has 3 atom stereocenters. The van der Waals surface area contributed by atoms with Gasteiger partial charge in [-0.15, -0.1) is 0 Å². The number of unbranched alkanes of at least 4 members (excludes halogenated alkanes) is 1. The Morgan fingerprint density at radius 1 is 1.03 bits per heavy atom. The van der Waals surface area contributed by atoms with Gasteiger partial charge in [-0.25, -0.2) is 0 Å². The third kappa shape index (κ3) is 4.00. The summed E-state index contributed by atoms with van der Waals surface area (Å²) < 4.78 is 23.2. The first-order valence-corrected chi connectivity index (χ1v) is 13.0. The Labute approximate surface area is 211 Å². The monoisotopic (exact) mass is 489 g/mol. The van der Waals surface area contributed by atoms with E-state index in [0.717, 1.165) is 55.4 Å². The number of ketones is 1. The lowest BCUT2D eigenvalue weighted by Crippen LogP contribution is -2.39. The summed E-state index contributed by atoms with van der Waals surface area (Å²) in [5, 5.41) is 0. The van der Waals surface area contributed by atoms with E-state index < -0.39 is 6.04 Å². The van der Waals surface area contributed by atoms with E-state index in [-0.39, 0.29) is 36.3 Å². The molecule has 4 aliphatic rings. The molecule has 0 bridgehead atoms. The van der Waals surface area contributed by atoms with Crippen molar-refractivity contribution < 1.29 is 28.5 Å². The Hall–Kier alpha value is -3.48. The van der Waals surface area contributed by atoms with Gasteiger partial charge in [0.05, 0.1) is 24.1 Å². The van der Waals surface area contributed by atoms with E-state index in [1.54, 1.807) is 4.90 Å². The van der Waals surface area contributed by atoms with Crippen molar-refractivity contribution in [3.05, 3.63) is 64.9 Å². The highest BCUT2D eigenvalue weighted by atomic mass is 16.7. The molecule has 1 aliphatic carbocycles. The smallest absolute Gasteiger partial charge is 0.290 e. The normalized spacial score (nSPS) is 24.5. The minimum absolute atomic E-state index is 0.0600. The van der Waals surface area contributed by atoms with Crippen molar-refractivity contribution in [1.82, 2.24) is 4.90 Å². The van der Waals surface area contributed by atoms with Gasteiger partial charge >= 0.3 is 0 Å². The molecule has 7 nitrogen and oxygen atoms in total. The number of benzene rings is 2. The second kappa shape index (κ2) is 9.52. The van der Waals surface area contributed by atoms with E-state index in [2.05, 4.69) is 6.92 Å². The second-order valence-corrected chi connectivity index (χ2v) is 9.95. The van der Waals surface area contributed by atoms with E-state index in [9.17, 15) is 9.59 Å². The molecule has 1 saturated carbocycles. The predicted molar refractivity (Wildman–Crippen MR) is 132 cm³/mol. The molecule has 2 aromatic carbocycles. The van der Waals surface area contributed by atoms with Crippen molar-refractivity contribution in [2.24, 2.45) is 5.92 Å². The molecule has 0 saturated heterocycles. The van der Waals surface area contributed by atoms with Gasteiger partial charge in [-0.05, 0) is 61.1 Å².